The summed E-state index contributed by atoms with van der Waals surface area (Å²) in [7, 11) is 0. The molecule has 0 saturated carbocycles. The van der Waals surface area contributed by atoms with Crippen molar-refractivity contribution in [2.24, 2.45) is 0 Å². The molecule has 0 N–H and O–H groups in total. The molecular weight excluding hydrogens is 267 g/mol. The average Bonchev–Trinajstić information content (AvgIpc) is 2.26. The van der Waals surface area contributed by atoms with E-state index in [0.29, 0.717) is 0 Å². The van der Waals surface area contributed by atoms with Gasteiger partial charge in [0.25, 0.3) is 0 Å². The molecule has 0 unspecified atom stereocenters. The highest BCUT2D eigenvalue weighted by Crippen LogP contribution is 2.37. The Hall–Kier alpha value is -2.04. The molecule has 0 spiro atoms. The highest BCUT2D eigenvalue weighted by atomic mass is 19.4. The van der Waals surface area contributed by atoms with Crippen LogP contribution in [0.4, 0.5) is 30.7 Å². The van der Waals surface area contributed by atoms with E-state index in [4.69, 9.17) is 5.26 Å². The Morgan fingerprint density at radius 3 is 1.61 bits per heavy atom. The first kappa shape index (κ1) is 14.0. The molecular formula is C10H2F7N. The maximum atomic E-state index is 13.2. The Morgan fingerprint density at radius 1 is 0.944 bits per heavy atom. The molecule has 1 aromatic carbocycles. The largest absolute Gasteiger partial charge is 0.416 e. The minimum atomic E-state index is -5.27. The Kier molecular flexibility index (Phi) is 3.37. The second-order valence-corrected chi connectivity index (χ2v) is 3.09. The van der Waals surface area contributed by atoms with Crippen LogP contribution in [0.2, 0.25) is 0 Å². The number of nitriles is 1. The molecule has 0 saturated heterocycles. The number of benzene rings is 1. The van der Waals surface area contributed by atoms with E-state index in [9.17, 15) is 30.7 Å². The molecule has 0 aliphatic rings. The van der Waals surface area contributed by atoms with Crippen molar-refractivity contribution in [2.75, 3.05) is 0 Å². The number of allylic oxidation sites excluding steroid dienone is 1. The van der Waals surface area contributed by atoms with Crippen LogP contribution in [0.5, 0.6) is 0 Å². The molecule has 1 nitrogen and oxygen atoms in total. The van der Waals surface area contributed by atoms with E-state index in [0.717, 1.165) is 6.07 Å². The Labute approximate surface area is 95.8 Å². The third kappa shape index (κ3) is 2.03. The van der Waals surface area contributed by atoms with Gasteiger partial charge in [-0.2, -0.15) is 18.4 Å². The summed E-state index contributed by atoms with van der Waals surface area (Å²) in [5, 5.41) is 8.23. The standard InChI is InChI=1S/C10H2F7N/c1-3(10(15,16)17)5-8(13)6(11)4(2-18)7(12)9(5)14/h1H2. The van der Waals surface area contributed by atoms with Crippen LogP contribution in [-0.4, -0.2) is 6.18 Å². The lowest BCUT2D eigenvalue weighted by Gasteiger charge is -2.13. The first-order valence-electron chi connectivity index (χ1n) is 4.15. The Bertz CT molecular complexity index is 536. The first-order valence-corrected chi connectivity index (χ1v) is 4.15. The third-order valence-corrected chi connectivity index (χ3v) is 2.02. The quantitative estimate of drug-likeness (QED) is 0.563. The van der Waals surface area contributed by atoms with Gasteiger partial charge in [0.1, 0.15) is 11.6 Å². The van der Waals surface area contributed by atoms with Crippen molar-refractivity contribution < 1.29 is 30.7 Å². The zero-order valence-corrected chi connectivity index (χ0v) is 8.30. The summed E-state index contributed by atoms with van der Waals surface area (Å²) < 4.78 is 89.0. The molecule has 1 aromatic rings. The highest BCUT2D eigenvalue weighted by Gasteiger charge is 2.39. The molecule has 18 heavy (non-hydrogen) atoms. The van der Waals surface area contributed by atoms with Crippen LogP contribution in [0, 0.1) is 34.6 Å². The lowest BCUT2D eigenvalue weighted by atomic mass is 10.0. The van der Waals surface area contributed by atoms with Crippen molar-refractivity contribution in [1.82, 2.24) is 0 Å². The number of nitrogens with zero attached hydrogens (tertiary/aromatic N) is 1. The second kappa shape index (κ2) is 4.33. The maximum absolute atomic E-state index is 13.2. The predicted molar refractivity (Wildman–Crippen MR) is 46.1 cm³/mol. The van der Waals surface area contributed by atoms with Crippen molar-refractivity contribution in [3.05, 3.63) is 41.0 Å². The van der Waals surface area contributed by atoms with Crippen LogP contribution < -0.4 is 0 Å². The average molecular weight is 269 g/mol. The molecule has 0 heterocycles. The van der Waals surface area contributed by atoms with E-state index < -0.39 is 46.1 Å². The lowest BCUT2D eigenvalue weighted by molar-refractivity contribution is -0.0691. The summed E-state index contributed by atoms with van der Waals surface area (Å²) in [4.78, 5) is 0. The van der Waals surface area contributed by atoms with E-state index in [2.05, 4.69) is 6.58 Å². The fourth-order valence-corrected chi connectivity index (χ4v) is 1.14. The zero-order valence-electron chi connectivity index (χ0n) is 8.30. The number of alkyl halides is 3. The summed E-state index contributed by atoms with van der Waals surface area (Å²) in [5.74, 6) is -9.02. The van der Waals surface area contributed by atoms with Gasteiger partial charge in [-0.3, -0.25) is 0 Å². The SMILES string of the molecule is C=C(c1c(F)c(F)c(C#N)c(F)c1F)C(F)(F)F. The summed E-state index contributed by atoms with van der Waals surface area (Å²) in [6, 6.07) is 0.809. The number of rotatable bonds is 1. The van der Waals surface area contributed by atoms with Gasteiger partial charge in [-0.25, -0.2) is 17.6 Å². The van der Waals surface area contributed by atoms with Gasteiger partial charge in [-0.15, -0.1) is 0 Å². The fourth-order valence-electron chi connectivity index (χ4n) is 1.14. The van der Waals surface area contributed by atoms with E-state index in [-0.39, 0.29) is 0 Å². The van der Waals surface area contributed by atoms with Crippen LogP contribution in [0.25, 0.3) is 5.57 Å². The molecule has 0 aliphatic heterocycles. The van der Waals surface area contributed by atoms with Gasteiger partial charge in [0, 0.05) is 0 Å². The summed E-state index contributed by atoms with van der Waals surface area (Å²) in [6.45, 7) is 2.33. The smallest absolute Gasteiger partial charge is 0.203 e. The molecule has 0 aliphatic carbocycles. The predicted octanol–water partition coefficient (Wildman–Crippen LogP) is 3.69. The van der Waals surface area contributed by atoms with E-state index in [1.807, 2.05) is 0 Å². The van der Waals surface area contributed by atoms with Gasteiger partial charge in [0.15, 0.2) is 23.3 Å². The van der Waals surface area contributed by atoms with Crippen molar-refractivity contribution >= 4 is 5.57 Å². The van der Waals surface area contributed by atoms with Gasteiger partial charge in [-0.1, -0.05) is 6.58 Å². The molecule has 1 rings (SSSR count). The molecule has 8 heteroatoms. The molecule has 0 aromatic heterocycles. The number of hydrogen-bond acceptors (Lipinski definition) is 1. The first-order chi connectivity index (χ1) is 8.12. The zero-order chi connectivity index (χ0) is 14.2. The molecule has 0 amide bonds. The minimum absolute atomic E-state index is 0.809. The van der Waals surface area contributed by atoms with Crippen LogP contribution in [0.15, 0.2) is 6.58 Å². The van der Waals surface area contributed by atoms with E-state index in [1.54, 1.807) is 0 Å². The number of halogens is 7. The van der Waals surface area contributed by atoms with Crippen LogP contribution in [0.1, 0.15) is 11.1 Å². The maximum Gasteiger partial charge on any atom is 0.416 e. The summed E-state index contributed by atoms with van der Waals surface area (Å²) in [5.41, 5.74) is -5.69. The molecule has 0 bridgehead atoms. The second-order valence-electron chi connectivity index (χ2n) is 3.09. The van der Waals surface area contributed by atoms with Crippen LogP contribution in [0.3, 0.4) is 0 Å². The van der Waals surface area contributed by atoms with Gasteiger partial charge >= 0.3 is 6.18 Å². The van der Waals surface area contributed by atoms with Gasteiger partial charge in [0.2, 0.25) is 0 Å². The lowest BCUT2D eigenvalue weighted by Crippen LogP contribution is -2.15. The Morgan fingerprint density at radius 2 is 1.33 bits per heavy atom. The van der Waals surface area contributed by atoms with Crippen LogP contribution >= 0.6 is 0 Å². The van der Waals surface area contributed by atoms with Crippen molar-refractivity contribution in [1.29, 1.82) is 5.26 Å². The molecule has 0 radical (unpaired) electrons. The minimum Gasteiger partial charge on any atom is -0.203 e. The molecule has 96 valence electrons. The van der Waals surface area contributed by atoms with Crippen molar-refractivity contribution in [3.8, 4) is 6.07 Å². The third-order valence-electron chi connectivity index (χ3n) is 2.02. The highest BCUT2D eigenvalue weighted by molar-refractivity contribution is 5.69. The molecule has 0 atom stereocenters. The van der Waals surface area contributed by atoms with Gasteiger partial charge in [-0.05, 0) is 0 Å². The topological polar surface area (TPSA) is 23.8 Å². The van der Waals surface area contributed by atoms with Gasteiger partial charge < -0.3 is 0 Å². The van der Waals surface area contributed by atoms with Crippen LogP contribution in [-0.2, 0) is 0 Å². The van der Waals surface area contributed by atoms with Crippen molar-refractivity contribution in [3.63, 3.8) is 0 Å². The van der Waals surface area contributed by atoms with E-state index >= 15 is 0 Å². The monoisotopic (exact) mass is 269 g/mol. The molecule has 0 fully saturated rings. The number of hydrogen-bond donors (Lipinski definition) is 0. The summed E-state index contributed by atoms with van der Waals surface area (Å²) >= 11 is 0. The van der Waals surface area contributed by atoms with Gasteiger partial charge in [0.05, 0.1) is 11.1 Å². The van der Waals surface area contributed by atoms with E-state index in [1.165, 1.54) is 0 Å². The summed E-state index contributed by atoms with van der Waals surface area (Å²) in [6.07, 6.45) is -5.27. The normalized spacial score (nSPS) is 11.2. The fraction of sp³-hybridized carbons (Fsp3) is 0.100. The van der Waals surface area contributed by atoms with Crippen molar-refractivity contribution in [2.45, 2.75) is 6.18 Å². The Balaban J connectivity index is 3.70.